The molecule has 2 fully saturated rings. The summed E-state index contributed by atoms with van der Waals surface area (Å²) in [4.78, 5) is 30.6. The van der Waals surface area contributed by atoms with Gasteiger partial charge in [-0.2, -0.15) is 0 Å². The molecule has 1 aromatic heterocycles. The van der Waals surface area contributed by atoms with E-state index in [1.54, 1.807) is 23.8 Å². The molecule has 1 amide bonds. The molecule has 2 aliphatic rings. The van der Waals surface area contributed by atoms with Crippen molar-refractivity contribution in [3.05, 3.63) is 57.7 Å². The molecule has 162 valence electrons. The number of rotatable bonds is 4. The van der Waals surface area contributed by atoms with Gasteiger partial charge >= 0.3 is 0 Å². The quantitative estimate of drug-likeness (QED) is 0.399. The number of para-hydroxylation sites is 1. The van der Waals surface area contributed by atoms with Crippen LogP contribution in [0, 0.1) is 0 Å². The highest BCUT2D eigenvalue weighted by atomic mass is 32.2. The van der Waals surface area contributed by atoms with E-state index >= 15 is 0 Å². The third kappa shape index (κ3) is 3.95. The van der Waals surface area contributed by atoms with E-state index in [4.69, 9.17) is 17.0 Å². The van der Waals surface area contributed by atoms with E-state index in [1.165, 1.54) is 16.7 Å². The number of aryl methyl sites for hydroxylation is 1. The zero-order valence-corrected chi connectivity index (χ0v) is 19.5. The van der Waals surface area contributed by atoms with Gasteiger partial charge in [0.1, 0.15) is 4.32 Å². The van der Waals surface area contributed by atoms with Gasteiger partial charge in [0.05, 0.1) is 33.9 Å². The molecule has 2 atom stereocenters. The van der Waals surface area contributed by atoms with E-state index in [-0.39, 0.29) is 23.7 Å². The van der Waals surface area contributed by atoms with Crippen molar-refractivity contribution >= 4 is 56.9 Å². The summed E-state index contributed by atoms with van der Waals surface area (Å²) >= 11 is 6.59. The number of fused-ring (bicyclic) bond motifs is 1. The minimum absolute atomic E-state index is 0.0326. The summed E-state index contributed by atoms with van der Waals surface area (Å²) in [5, 5.41) is 0.971. The number of amides is 1. The minimum atomic E-state index is -0.195. The molecule has 2 saturated heterocycles. The third-order valence-electron chi connectivity index (χ3n) is 5.51. The van der Waals surface area contributed by atoms with Gasteiger partial charge in [-0.1, -0.05) is 48.3 Å². The number of thiocarbonyl (C=S) groups is 1. The molecule has 2 aliphatic heterocycles. The van der Waals surface area contributed by atoms with Crippen molar-refractivity contribution in [3.63, 3.8) is 0 Å². The SMILES string of the molecule is C=CCN1C(=O)C(=Cc2c(N3CC(C)OC(C)C3)c3ccccc3n(C)c2=O)SC1=S. The van der Waals surface area contributed by atoms with Crippen molar-refractivity contribution in [2.75, 3.05) is 24.5 Å². The van der Waals surface area contributed by atoms with Gasteiger partial charge in [0.15, 0.2) is 0 Å². The van der Waals surface area contributed by atoms with Gasteiger partial charge < -0.3 is 14.2 Å². The predicted octanol–water partition coefficient (Wildman–Crippen LogP) is 3.54. The van der Waals surface area contributed by atoms with Gasteiger partial charge in [-0.25, -0.2) is 0 Å². The highest BCUT2D eigenvalue weighted by Crippen LogP contribution is 2.36. The molecule has 4 rings (SSSR count). The van der Waals surface area contributed by atoms with Crippen molar-refractivity contribution in [1.29, 1.82) is 0 Å². The normalized spacial score (nSPS) is 23.3. The Labute approximate surface area is 191 Å². The van der Waals surface area contributed by atoms with Crippen LogP contribution >= 0.6 is 24.0 Å². The summed E-state index contributed by atoms with van der Waals surface area (Å²) in [5.74, 6) is -0.195. The predicted molar refractivity (Wildman–Crippen MR) is 131 cm³/mol. The molecular weight excluding hydrogens is 430 g/mol. The highest BCUT2D eigenvalue weighted by Gasteiger charge is 2.33. The minimum Gasteiger partial charge on any atom is -0.372 e. The maximum Gasteiger partial charge on any atom is 0.266 e. The molecule has 0 spiro atoms. The summed E-state index contributed by atoms with van der Waals surface area (Å²) in [6.45, 7) is 9.45. The molecule has 2 unspecified atom stereocenters. The van der Waals surface area contributed by atoms with Crippen LogP contribution in [0.3, 0.4) is 0 Å². The molecule has 1 aromatic carbocycles. The first-order chi connectivity index (χ1) is 14.8. The lowest BCUT2D eigenvalue weighted by molar-refractivity contribution is -0.121. The average Bonchev–Trinajstić information content (AvgIpc) is 2.99. The van der Waals surface area contributed by atoms with Gasteiger partial charge in [0.25, 0.3) is 11.5 Å². The van der Waals surface area contributed by atoms with Crippen molar-refractivity contribution in [1.82, 2.24) is 9.47 Å². The number of ether oxygens (including phenoxy) is 1. The maximum atomic E-state index is 13.5. The Bertz CT molecular complexity index is 1160. The Hall–Kier alpha value is -2.42. The van der Waals surface area contributed by atoms with Gasteiger partial charge in [-0.15, -0.1) is 6.58 Å². The van der Waals surface area contributed by atoms with Gasteiger partial charge in [0.2, 0.25) is 0 Å². The zero-order valence-electron chi connectivity index (χ0n) is 17.8. The second-order valence-electron chi connectivity index (χ2n) is 7.89. The molecule has 0 aliphatic carbocycles. The van der Waals surface area contributed by atoms with E-state index in [0.717, 1.165) is 16.6 Å². The lowest BCUT2D eigenvalue weighted by atomic mass is 10.0. The number of pyridine rings is 1. The van der Waals surface area contributed by atoms with E-state index in [0.29, 0.717) is 34.4 Å². The smallest absolute Gasteiger partial charge is 0.266 e. The molecule has 0 N–H and O–H groups in total. The number of morpholine rings is 1. The van der Waals surface area contributed by atoms with E-state index in [9.17, 15) is 9.59 Å². The Morgan fingerprint density at radius 3 is 2.58 bits per heavy atom. The lowest BCUT2D eigenvalue weighted by Gasteiger charge is -2.38. The lowest BCUT2D eigenvalue weighted by Crippen LogP contribution is -2.46. The van der Waals surface area contributed by atoms with E-state index < -0.39 is 0 Å². The fourth-order valence-electron chi connectivity index (χ4n) is 4.25. The third-order valence-corrected chi connectivity index (χ3v) is 6.88. The second kappa shape index (κ2) is 8.61. The van der Waals surface area contributed by atoms with Crippen LogP contribution < -0.4 is 10.5 Å². The number of thioether (sulfide) groups is 1. The second-order valence-corrected chi connectivity index (χ2v) is 9.56. The van der Waals surface area contributed by atoms with Crippen molar-refractivity contribution in [2.45, 2.75) is 26.1 Å². The molecule has 3 heterocycles. The number of hydrogen-bond acceptors (Lipinski definition) is 6. The molecular formula is C23H25N3O3S2. The summed E-state index contributed by atoms with van der Waals surface area (Å²) in [7, 11) is 1.76. The summed E-state index contributed by atoms with van der Waals surface area (Å²) in [6.07, 6.45) is 3.41. The Kier molecular flexibility index (Phi) is 6.05. The number of benzene rings is 1. The van der Waals surface area contributed by atoms with Crippen LogP contribution in [0.2, 0.25) is 0 Å². The summed E-state index contributed by atoms with van der Waals surface area (Å²) in [5.41, 5.74) is 2.05. The first kappa shape index (κ1) is 21.8. The highest BCUT2D eigenvalue weighted by molar-refractivity contribution is 8.26. The van der Waals surface area contributed by atoms with E-state index in [1.807, 2.05) is 38.1 Å². The van der Waals surface area contributed by atoms with Crippen LogP contribution in [-0.2, 0) is 16.6 Å². The van der Waals surface area contributed by atoms with Gasteiger partial charge in [-0.3, -0.25) is 14.5 Å². The number of anilines is 1. The molecule has 0 bridgehead atoms. The van der Waals surface area contributed by atoms with Gasteiger partial charge in [0, 0.05) is 32.1 Å². The first-order valence-corrected chi connectivity index (χ1v) is 11.4. The summed E-state index contributed by atoms with van der Waals surface area (Å²) < 4.78 is 8.03. The van der Waals surface area contributed by atoms with Crippen LogP contribution in [0.15, 0.2) is 46.6 Å². The largest absolute Gasteiger partial charge is 0.372 e. The van der Waals surface area contributed by atoms with Gasteiger partial charge in [-0.05, 0) is 26.0 Å². The van der Waals surface area contributed by atoms with Crippen LogP contribution in [0.5, 0.6) is 0 Å². The van der Waals surface area contributed by atoms with Crippen molar-refractivity contribution in [2.24, 2.45) is 7.05 Å². The fraction of sp³-hybridized carbons (Fsp3) is 0.348. The van der Waals surface area contributed by atoms with Crippen molar-refractivity contribution in [3.8, 4) is 0 Å². The molecule has 6 nitrogen and oxygen atoms in total. The van der Waals surface area contributed by atoms with Crippen molar-refractivity contribution < 1.29 is 9.53 Å². The molecule has 31 heavy (non-hydrogen) atoms. The molecule has 0 radical (unpaired) electrons. The number of nitrogens with zero attached hydrogens (tertiary/aromatic N) is 3. The van der Waals surface area contributed by atoms with Crippen LogP contribution in [0.1, 0.15) is 19.4 Å². The monoisotopic (exact) mass is 455 g/mol. The first-order valence-electron chi connectivity index (χ1n) is 10.2. The molecule has 8 heteroatoms. The topological polar surface area (TPSA) is 54.8 Å². The van der Waals surface area contributed by atoms with Crippen LogP contribution in [0.25, 0.3) is 17.0 Å². The number of hydrogen-bond donors (Lipinski definition) is 0. The number of carbonyl (C=O) groups excluding carboxylic acids is 1. The zero-order chi connectivity index (χ0) is 22.3. The maximum absolute atomic E-state index is 13.5. The van der Waals surface area contributed by atoms with E-state index in [2.05, 4.69) is 11.5 Å². The average molecular weight is 456 g/mol. The summed E-state index contributed by atoms with van der Waals surface area (Å²) in [6, 6.07) is 7.86. The fourth-order valence-corrected chi connectivity index (χ4v) is 5.51. The Morgan fingerprint density at radius 2 is 1.90 bits per heavy atom. The standard InChI is InChI=1S/C23H25N3O3S2/c1-5-10-26-22(28)19(31-23(26)30)11-17-20(25-12-14(2)29-15(3)13-25)16-8-6-7-9-18(16)24(4)21(17)27/h5-9,11,14-15H,1,10,12-13H2,2-4H3. The molecule has 0 saturated carbocycles. The molecule has 2 aromatic rings. The Balaban J connectivity index is 1.94. The number of aromatic nitrogens is 1. The van der Waals surface area contributed by atoms with Crippen LogP contribution in [-0.4, -0.2) is 51.5 Å². The van der Waals surface area contributed by atoms with Crippen LogP contribution in [0.4, 0.5) is 5.69 Å². The number of carbonyl (C=O) groups is 1. The Morgan fingerprint density at radius 1 is 1.23 bits per heavy atom.